The Labute approximate surface area is 358 Å². The summed E-state index contributed by atoms with van der Waals surface area (Å²) in [4.78, 5) is 15.6. The van der Waals surface area contributed by atoms with Crippen LogP contribution in [0.2, 0.25) is 0 Å². The molecule has 13 rings (SSSR count). The molecule has 0 amide bonds. The van der Waals surface area contributed by atoms with Crippen molar-refractivity contribution in [2.24, 2.45) is 0 Å². The molecule has 0 bridgehead atoms. The van der Waals surface area contributed by atoms with Crippen LogP contribution in [0.15, 0.2) is 206 Å². The average molecular weight is 793 g/mol. The number of anilines is 6. The van der Waals surface area contributed by atoms with Crippen molar-refractivity contribution in [2.75, 3.05) is 9.80 Å². The smallest absolute Gasteiger partial charge is 0.151 e. The summed E-state index contributed by atoms with van der Waals surface area (Å²) >= 11 is 0. The Morgan fingerprint density at radius 1 is 0.355 bits per heavy atom. The van der Waals surface area contributed by atoms with Crippen LogP contribution < -0.4 is 14.5 Å². The monoisotopic (exact) mass is 792 g/mol. The molecule has 0 unspecified atom stereocenters. The maximum atomic E-state index is 6.46. The third-order valence-electron chi connectivity index (χ3n) is 12.6. The minimum absolute atomic E-state index is 0.815. The van der Waals surface area contributed by atoms with Gasteiger partial charge < -0.3 is 14.5 Å². The molecule has 62 heavy (non-hydrogen) atoms. The molecular weight excluding hydrogens is 757 g/mol. The van der Waals surface area contributed by atoms with E-state index in [4.69, 9.17) is 14.7 Å². The van der Waals surface area contributed by atoms with Gasteiger partial charge in [0.25, 0.3) is 0 Å². The average Bonchev–Trinajstić information content (AvgIpc) is 3.33. The molecule has 0 saturated carbocycles. The number of fused-ring (bicyclic) bond motifs is 8. The third-order valence-corrected chi connectivity index (χ3v) is 12.6. The Morgan fingerprint density at radius 2 is 0.774 bits per heavy atom. The van der Waals surface area contributed by atoms with Crippen LogP contribution >= 0.6 is 0 Å². The van der Waals surface area contributed by atoms with Crippen molar-refractivity contribution in [3.05, 3.63) is 217 Å². The van der Waals surface area contributed by atoms with E-state index in [0.717, 1.165) is 107 Å². The number of pyridine rings is 2. The van der Waals surface area contributed by atoms with Gasteiger partial charge >= 0.3 is 0 Å². The van der Waals surface area contributed by atoms with Gasteiger partial charge in [-0.3, -0.25) is 0 Å². The molecule has 5 heteroatoms. The lowest BCUT2D eigenvalue weighted by Gasteiger charge is -2.34. The molecule has 2 aliphatic rings. The number of hydrogen-bond donors (Lipinski definition) is 0. The molecule has 4 heterocycles. The molecule has 0 N–H and O–H groups in total. The number of ether oxygens (including phenoxy) is 1. The van der Waals surface area contributed by atoms with Crippen LogP contribution in [0, 0.1) is 0 Å². The van der Waals surface area contributed by atoms with Gasteiger partial charge in [0.2, 0.25) is 0 Å². The maximum Gasteiger partial charge on any atom is 0.151 e. The first-order valence-corrected chi connectivity index (χ1v) is 21.1. The molecule has 0 atom stereocenters. The van der Waals surface area contributed by atoms with Gasteiger partial charge in [-0.25, -0.2) is 9.97 Å². The van der Waals surface area contributed by atoms with E-state index in [-0.39, 0.29) is 0 Å². The predicted molar refractivity (Wildman–Crippen MR) is 255 cm³/mol. The number of rotatable bonds is 4. The van der Waals surface area contributed by atoms with Crippen molar-refractivity contribution in [1.29, 1.82) is 0 Å². The Morgan fingerprint density at radius 3 is 1.29 bits per heavy atom. The fraction of sp³-hybridized carbons (Fsp3) is 0.0175. The van der Waals surface area contributed by atoms with Gasteiger partial charge in [-0.15, -0.1) is 0 Å². The van der Waals surface area contributed by atoms with E-state index in [1.165, 1.54) is 22.5 Å². The van der Waals surface area contributed by atoms with Crippen molar-refractivity contribution in [1.82, 2.24) is 9.97 Å². The summed E-state index contributed by atoms with van der Waals surface area (Å²) in [7, 11) is 0. The van der Waals surface area contributed by atoms with E-state index in [2.05, 4.69) is 192 Å². The SMILES string of the molecule is c1ccc2c(c1)Cc1ccccc1N2c1ccc2c(-c3ccc4ccccc4n3)c3cc(N4c5ccccc5Oc5ccccc54)ccc3c(-c3ccc4ccccc4n3)c2c1. The van der Waals surface area contributed by atoms with E-state index in [1.807, 2.05) is 24.3 Å². The summed E-state index contributed by atoms with van der Waals surface area (Å²) < 4.78 is 6.46. The van der Waals surface area contributed by atoms with Gasteiger partial charge in [0.15, 0.2) is 11.5 Å². The lowest BCUT2D eigenvalue weighted by Crippen LogP contribution is -2.18. The minimum atomic E-state index is 0.815. The molecule has 5 nitrogen and oxygen atoms in total. The molecule has 0 aliphatic carbocycles. The predicted octanol–water partition coefficient (Wildman–Crippen LogP) is 15.4. The largest absolute Gasteiger partial charge is 0.453 e. The van der Waals surface area contributed by atoms with Crippen LogP contribution in [0.5, 0.6) is 11.5 Å². The second-order valence-corrected chi connectivity index (χ2v) is 16.1. The maximum absolute atomic E-state index is 6.46. The van der Waals surface area contributed by atoms with Gasteiger partial charge in [-0.1, -0.05) is 121 Å². The van der Waals surface area contributed by atoms with Crippen LogP contribution in [0.3, 0.4) is 0 Å². The minimum Gasteiger partial charge on any atom is -0.453 e. The zero-order chi connectivity index (χ0) is 40.7. The molecule has 0 saturated heterocycles. The normalized spacial score (nSPS) is 12.8. The molecule has 11 aromatic rings. The highest BCUT2D eigenvalue weighted by Crippen LogP contribution is 2.53. The standard InChI is InChI=1S/C57H36N4O/c1-5-17-46-36(13-1)25-31-48(58-46)56-43-30-28-41(61-52-21-9-11-23-54(52)62-55-24-12-10-22-53(55)61)35-45(43)57(49-32-26-37-14-2-6-18-47(37)59-49)42-29-27-40(34-44(42)56)60-50-19-7-3-15-38(50)33-39-16-4-8-20-51(39)60/h1-32,34-35H,33H2. The van der Waals surface area contributed by atoms with Crippen LogP contribution in [-0.4, -0.2) is 9.97 Å². The van der Waals surface area contributed by atoms with Gasteiger partial charge in [-0.05, 0) is 118 Å². The highest BCUT2D eigenvalue weighted by Gasteiger charge is 2.29. The van der Waals surface area contributed by atoms with Crippen molar-refractivity contribution in [3.8, 4) is 34.0 Å². The highest BCUT2D eigenvalue weighted by atomic mass is 16.5. The summed E-state index contributed by atoms with van der Waals surface area (Å²) in [6, 6.07) is 73.5. The van der Waals surface area contributed by atoms with Crippen molar-refractivity contribution in [2.45, 2.75) is 6.42 Å². The summed E-state index contributed by atoms with van der Waals surface area (Å²) in [5.74, 6) is 1.63. The fourth-order valence-corrected chi connectivity index (χ4v) is 9.80. The van der Waals surface area contributed by atoms with Gasteiger partial charge in [0, 0.05) is 51.1 Å². The Hall–Kier alpha value is -8.28. The zero-order valence-corrected chi connectivity index (χ0v) is 33.5. The fourth-order valence-electron chi connectivity index (χ4n) is 9.80. The Bertz CT molecular complexity index is 3300. The zero-order valence-electron chi connectivity index (χ0n) is 33.5. The van der Waals surface area contributed by atoms with E-state index in [1.54, 1.807) is 0 Å². The van der Waals surface area contributed by atoms with Crippen molar-refractivity contribution < 1.29 is 4.74 Å². The van der Waals surface area contributed by atoms with Crippen molar-refractivity contribution >= 4 is 77.5 Å². The van der Waals surface area contributed by atoms with E-state index in [0.29, 0.717) is 0 Å². The molecule has 290 valence electrons. The lowest BCUT2D eigenvalue weighted by atomic mass is 9.87. The number of para-hydroxylation sites is 8. The summed E-state index contributed by atoms with van der Waals surface area (Å²) in [5, 5.41) is 6.61. The van der Waals surface area contributed by atoms with Crippen LogP contribution in [0.1, 0.15) is 11.1 Å². The Kier molecular flexibility index (Phi) is 7.60. The number of hydrogen-bond acceptors (Lipinski definition) is 5. The summed E-state index contributed by atoms with van der Waals surface area (Å²) in [6.45, 7) is 0. The second kappa shape index (κ2) is 13.6. The van der Waals surface area contributed by atoms with Gasteiger partial charge in [-0.2, -0.15) is 0 Å². The number of aromatic nitrogens is 2. The second-order valence-electron chi connectivity index (χ2n) is 16.1. The molecular formula is C57H36N4O. The van der Waals surface area contributed by atoms with E-state index < -0.39 is 0 Å². The van der Waals surface area contributed by atoms with Crippen LogP contribution in [0.25, 0.3) is 65.9 Å². The molecule has 0 radical (unpaired) electrons. The van der Waals surface area contributed by atoms with Crippen LogP contribution in [0.4, 0.5) is 34.1 Å². The highest BCUT2D eigenvalue weighted by molar-refractivity contribution is 6.22. The molecule has 9 aromatic carbocycles. The first-order chi connectivity index (χ1) is 30.7. The molecule has 2 aliphatic heterocycles. The van der Waals surface area contributed by atoms with E-state index in [9.17, 15) is 0 Å². The van der Waals surface area contributed by atoms with Crippen LogP contribution in [-0.2, 0) is 6.42 Å². The first kappa shape index (κ1) is 34.6. The lowest BCUT2D eigenvalue weighted by molar-refractivity contribution is 0.477. The van der Waals surface area contributed by atoms with Gasteiger partial charge in [0.1, 0.15) is 0 Å². The number of benzene rings is 9. The topological polar surface area (TPSA) is 41.5 Å². The van der Waals surface area contributed by atoms with E-state index >= 15 is 0 Å². The molecule has 0 spiro atoms. The quantitative estimate of drug-likeness (QED) is 0.166. The third kappa shape index (κ3) is 5.35. The molecule has 2 aromatic heterocycles. The Balaban J connectivity index is 1.15. The molecule has 0 fully saturated rings. The van der Waals surface area contributed by atoms with Gasteiger partial charge in [0.05, 0.1) is 33.8 Å². The summed E-state index contributed by atoms with van der Waals surface area (Å²) in [5.41, 5.74) is 15.0. The number of nitrogens with zero attached hydrogens (tertiary/aromatic N) is 4. The summed E-state index contributed by atoms with van der Waals surface area (Å²) in [6.07, 6.45) is 0.894. The van der Waals surface area contributed by atoms with Crippen molar-refractivity contribution in [3.63, 3.8) is 0 Å². The first-order valence-electron chi connectivity index (χ1n) is 21.1.